The molecule has 8 nitrogen and oxygen atoms in total. The molecular formula is C26H27ClF4N4O4. The number of morpholine rings is 1. The third-order valence-corrected chi connectivity index (χ3v) is 6.60. The zero-order valence-corrected chi connectivity index (χ0v) is 21.9. The van der Waals surface area contributed by atoms with Crippen LogP contribution in [0.25, 0.3) is 6.08 Å². The number of anilines is 1. The second-order valence-electron chi connectivity index (χ2n) is 9.49. The normalized spacial score (nSPS) is 19.7. The quantitative estimate of drug-likeness (QED) is 0.406. The first-order valence-corrected chi connectivity index (χ1v) is 12.4. The molecule has 0 aromatic heterocycles. The Hall–Kier alpha value is -3.35. The Morgan fingerprint density at radius 3 is 2.38 bits per heavy atom. The van der Waals surface area contributed by atoms with Crippen molar-refractivity contribution < 1.29 is 36.6 Å². The number of urea groups is 1. The molecule has 2 saturated heterocycles. The van der Waals surface area contributed by atoms with Gasteiger partial charge in [0.05, 0.1) is 36.0 Å². The molecule has 2 heterocycles. The minimum Gasteiger partial charge on any atom is -0.404 e. The number of rotatable bonds is 6. The maximum Gasteiger partial charge on any atom is 0.573 e. The van der Waals surface area contributed by atoms with Crippen LogP contribution in [0.4, 0.5) is 28.0 Å². The number of carbonyl (C=O) groups excluding carboxylic acids is 2. The highest BCUT2D eigenvalue weighted by Crippen LogP contribution is 2.36. The van der Waals surface area contributed by atoms with Crippen LogP contribution in [0, 0.1) is 5.82 Å². The van der Waals surface area contributed by atoms with Gasteiger partial charge in [-0.1, -0.05) is 23.7 Å². The molecule has 3 amide bonds. The van der Waals surface area contributed by atoms with Gasteiger partial charge in [0.1, 0.15) is 11.6 Å². The lowest BCUT2D eigenvalue weighted by Gasteiger charge is -2.49. The summed E-state index contributed by atoms with van der Waals surface area (Å²) in [5.41, 5.74) is 1.14. The molecule has 0 spiro atoms. The largest absolute Gasteiger partial charge is 0.573 e. The number of ether oxygens (including phenoxy) is 2. The first-order valence-electron chi connectivity index (χ1n) is 12.0. The van der Waals surface area contributed by atoms with Gasteiger partial charge in [0.25, 0.3) is 0 Å². The van der Waals surface area contributed by atoms with Crippen LogP contribution in [-0.4, -0.2) is 85.5 Å². The molecule has 2 unspecified atom stereocenters. The van der Waals surface area contributed by atoms with Crippen LogP contribution < -0.4 is 10.1 Å². The van der Waals surface area contributed by atoms with Gasteiger partial charge in [0.2, 0.25) is 5.91 Å². The monoisotopic (exact) mass is 570 g/mol. The second kappa shape index (κ2) is 11.8. The fourth-order valence-electron chi connectivity index (χ4n) is 4.58. The molecule has 0 aliphatic carbocycles. The number of nitrogens with zero attached hydrogens (tertiary/aromatic N) is 3. The maximum absolute atomic E-state index is 13.3. The standard InChI is InChI=1S/C26H27ClF4N4O4/c1-33(2)25(37)32-22-10-21(27)23(39-26(29,30)31)9-17(22)5-8-24(36)35-19-12-34(13-20(35)15-38-14-19)11-16-3-6-18(28)7-4-16/h3-10,19-20H,11-15H2,1-2H3,(H,32,37)/b8-5+. The number of fused-ring (bicyclic) bond motifs is 2. The van der Waals surface area contributed by atoms with Gasteiger partial charge in [0.15, 0.2) is 0 Å². The van der Waals surface area contributed by atoms with Gasteiger partial charge in [-0.2, -0.15) is 0 Å². The Morgan fingerprint density at radius 2 is 1.79 bits per heavy atom. The van der Waals surface area contributed by atoms with E-state index in [0.717, 1.165) is 17.7 Å². The van der Waals surface area contributed by atoms with Crippen molar-refractivity contribution >= 4 is 35.3 Å². The minimum absolute atomic E-state index is 0.0959. The summed E-state index contributed by atoms with van der Waals surface area (Å²) in [5.74, 6) is -1.33. The number of piperazine rings is 1. The smallest absolute Gasteiger partial charge is 0.404 e. The summed E-state index contributed by atoms with van der Waals surface area (Å²) in [6.45, 7) is 2.30. The Kier molecular flexibility index (Phi) is 8.67. The fraction of sp³-hybridized carbons (Fsp3) is 0.385. The van der Waals surface area contributed by atoms with Gasteiger partial charge in [-0.3, -0.25) is 9.69 Å². The first-order chi connectivity index (χ1) is 18.4. The molecule has 2 aliphatic heterocycles. The van der Waals surface area contributed by atoms with Crippen LogP contribution >= 0.6 is 11.6 Å². The molecule has 39 heavy (non-hydrogen) atoms. The van der Waals surface area contributed by atoms with Crippen molar-refractivity contribution in [3.05, 3.63) is 64.4 Å². The summed E-state index contributed by atoms with van der Waals surface area (Å²) in [7, 11) is 2.99. The Bertz CT molecular complexity index is 1230. The molecule has 0 saturated carbocycles. The third-order valence-electron chi connectivity index (χ3n) is 6.30. The fourth-order valence-corrected chi connectivity index (χ4v) is 4.78. The van der Waals surface area contributed by atoms with Crippen LogP contribution in [0.1, 0.15) is 11.1 Å². The summed E-state index contributed by atoms with van der Waals surface area (Å²) in [4.78, 5) is 30.6. The van der Waals surface area contributed by atoms with Crippen molar-refractivity contribution in [3.8, 4) is 5.75 Å². The third kappa shape index (κ3) is 7.40. The van der Waals surface area contributed by atoms with Gasteiger partial charge < -0.3 is 24.6 Å². The molecular weight excluding hydrogens is 544 g/mol. The van der Waals surface area contributed by atoms with Crippen molar-refractivity contribution in [2.75, 3.05) is 45.7 Å². The summed E-state index contributed by atoms with van der Waals surface area (Å²) in [6, 6.07) is 7.34. The highest BCUT2D eigenvalue weighted by molar-refractivity contribution is 6.32. The number of hydrogen-bond acceptors (Lipinski definition) is 5. The predicted molar refractivity (Wildman–Crippen MR) is 137 cm³/mol. The van der Waals surface area contributed by atoms with E-state index in [1.54, 1.807) is 17.0 Å². The highest BCUT2D eigenvalue weighted by Gasteiger charge is 2.40. The molecule has 13 heteroatoms. The summed E-state index contributed by atoms with van der Waals surface area (Å²) in [6.07, 6.45) is -2.43. The SMILES string of the molecule is CN(C)C(=O)Nc1cc(Cl)c(OC(F)(F)F)cc1/C=C/C(=O)N1C2COCC1CN(Cc1ccc(F)cc1)C2. The van der Waals surface area contributed by atoms with E-state index in [2.05, 4.69) is 15.0 Å². The number of carbonyl (C=O) groups is 2. The van der Waals surface area contributed by atoms with Gasteiger partial charge in [-0.05, 0) is 35.9 Å². The molecule has 2 fully saturated rings. The van der Waals surface area contributed by atoms with Crippen LogP contribution in [0.2, 0.25) is 5.02 Å². The van der Waals surface area contributed by atoms with E-state index in [1.807, 2.05) is 0 Å². The topological polar surface area (TPSA) is 74.4 Å². The lowest BCUT2D eigenvalue weighted by atomic mass is 10.0. The molecule has 2 aromatic carbocycles. The summed E-state index contributed by atoms with van der Waals surface area (Å²) >= 11 is 5.97. The van der Waals surface area contributed by atoms with E-state index >= 15 is 0 Å². The number of hydrogen-bond donors (Lipinski definition) is 1. The van der Waals surface area contributed by atoms with E-state index in [-0.39, 0.29) is 40.1 Å². The van der Waals surface area contributed by atoms with Crippen LogP contribution in [0.15, 0.2) is 42.5 Å². The van der Waals surface area contributed by atoms with Crippen molar-refractivity contribution in [1.29, 1.82) is 0 Å². The average Bonchev–Trinajstić information content (AvgIpc) is 2.84. The van der Waals surface area contributed by atoms with Crippen molar-refractivity contribution in [2.45, 2.75) is 25.0 Å². The lowest BCUT2D eigenvalue weighted by Crippen LogP contribution is -2.65. The van der Waals surface area contributed by atoms with Gasteiger partial charge in [-0.25, -0.2) is 9.18 Å². The van der Waals surface area contributed by atoms with E-state index in [4.69, 9.17) is 16.3 Å². The number of nitrogens with one attached hydrogen (secondary N) is 1. The van der Waals surface area contributed by atoms with E-state index in [1.165, 1.54) is 43.3 Å². The number of amides is 3. The van der Waals surface area contributed by atoms with Crippen LogP contribution in [0.3, 0.4) is 0 Å². The molecule has 2 atom stereocenters. The van der Waals surface area contributed by atoms with Crippen molar-refractivity contribution in [1.82, 2.24) is 14.7 Å². The average molecular weight is 571 g/mol. The Labute approximate surface area is 227 Å². The number of benzene rings is 2. The molecule has 1 N–H and O–H groups in total. The minimum atomic E-state index is -4.99. The second-order valence-corrected chi connectivity index (χ2v) is 9.89. The zero-order valence-electron chi connectivity index (χ0n) is 21.2. The number of halogens is 5. The van der Waals surface area contributed by atoms with Gasteiger partial charge >= 0.3 is 12.4 Å². The Morgan fingerprint density at radius 1 is 1.15 bits per heavy atom. The highest BCUT2D eigenvalue weighted by atomic mass is 35.5. The summed E-state index contributed by atoms with van der Waals surface area (Å²) < 4.78 is 61.6. The molecule has 2 aliphatic rings. The lowest BCUT2D eigenvalue weighted by molar-refractivity contribution is -0.274. The van der Waals surface area contributed by atoms with Crippen molar-refractivity contribution in [3.63, 3.8) is 0 Å². The van der Waals surface area contributed by atoms with E-state index < -0.39 is 18.1 Å². The van der Waals surface area contributed by atoms with E-state index in [9.17, 15) is 27.2 Å². The van der Waals surface area contributed by atoms with Crippen LogP contribution in [-0.2, 0) is 16.1 Å². The molecule has 2 aromatic rings. The number of alkyl halides is 3. The maximum atomic E-state index is 13.3. The Balaban J connectivity index is 1.53. The zero-order chi connectivity index (χ0) is 28.3. The van der Waals surface area contributed by atoms with Crippen LogP contribution in [0.5, 0.6) is 5.75 Å². The van der Waals surface area contributed by atoms with Gasteiger partial charge in [-0.15, -0.1) is 13.2 Å². The van der Waals surface area contributed by atoms with E-state index in [0.29, 0.717) is 32.8 Å². The predicted octanol–water partition coefficient (Wildman–Crippen LogP) is 4.60. The van der Waals surface area contributed by atoms with Gasteiger partial charge in [0, 0.05) is 45.4 Å². The summed E-state index contributed by atoms with van der Waals surface area (Å²) in [5, 5.41) is 2.19. The molecule has 210 valence electrons. The molecule has 0 radical (unpaired) electrons. The first kappa shape index (κ1) is 28.7. The molecule has 4 rings (SSSR count). The molecule has 2 bridgehead atoms. The van der Waals surface area contributed by atoms with Crippen molar-refractivity contribution in [2.24, 2.45) is 0 Å².